The van der Waals surface area contributed by atoms with Crippen LogP contribution in [0.4, 0.5) is 0 Å². The van der Waals surface area contributed by atoms with Gasteiger partial charge in [-0.2, -0.15) is 0 Å². The summed E-state index contributed by atoms with van der Waals surface area (Å²) in [4.78, 5) is 12.2. The molecule has 116 valence electrons. The Bertz CT molecular complexity index is 620. The number of hydrogen-bond acceptors (Lipinski definition) is 2. The van der Waals surface area contributed by atoms with Crippen molar-refractivity contribution in [2.24, 2.45) is 0 Å². The van der Waals surface area contributed by atoms with E-state index in [0.29, 0.717) is 6.42 Å². The average Bonchev–Trinajstić information content (AvgIpc) is 2.55. The first-order valence-electron chi connectivity index (χ1n) is 7.64. The van der Waals surface area contributed by atoms with Crippen molar-refractivity contribution < 1.29 is 9.53 Å². The molecule has 1 amide bonds. The molecule has 1 unspecified atom stereocenters. The lowest BCUT2D eigenvalue weighted by atomic mass is 10.1. The summed E-state index contributed by atoms with van der Waals surface area (Å²) in [6.45, 7) is 4.09. The molecule has 0 heterocycles. The Morgan fingerprint density at radius 1 is 1.09 bits per heavy atom. The van der Waals surface area contributed by atoms with Crippen LogP contribution in [0.15, 0.2) is 48.5 Å². The maximum Gasteiger partial charge on any atom is 0.224 e. The summed E-state index contributed by atoms with van der Waals surface area (Å²) < 4.78 is 5.34. The molecule has 0 fully saturated rings. The van der Waals surface area contributed by atoms with Gasteiger partial charge in [0.1, 0.15) is 5.75 Å². The Morgan fingerprint density at radius 3 is 2.36 bits per heavy atom. The third-order valence-electron chi connectivity index (χ3n) is 3.78. The smallest absolute Gasteiger partial charge is 0.224 e. The largest absolute Gasteiger partial charge is 0.496 e. The number of amides is 1. The van der Waals surface area contributed by atoms with Crippen molar-refractivity contribution in [3.8, 4) is 5.75 Å². The maximum absolute atomic E-state index is 12.2. The summed E-state index contributed by atoms with van der Waals surface area (Å²) in [6, 6.07) is 15.9. The number of ether oxygens (including phenoxy) is 1. The van der Waals surface area contributed by atoms with Crippen LogP contribution in [0.25, 0.3) is 0 Å². The molecular weight excluding hydrogens is 274 g/mol. The van der Waals surface area contributed by atoms with Crippen molar-refractivity contribution >= 4 is 5.91 Å². The van der Waals surface area contributed by atoms with Gasteiger partial charge in [0.2, 0.25) is 5.91 Å². The lowest BCUT2D eigenvalue weighted by Crippen LogP contribution is -2.28. The highest BCUT2D eigenvalue weighted by atomic mass is 16.5. The third kappa shape index (κ3) is 4.10. The van der Waals surface area contributed by atoms with Crippen LogP contribution in [0.1, 0.15) is 36.6 Å². The number of rotatable bonds is 6. The number of carbonyl (C=O) groups excluding carboxylic acids is 1. The van der Waals surface area contributed by atoms with Crippen molar-refractivity contribution in [1.29, 1.82) is 0 Å². The van der Waals surface area contributed by atoms with Crippen LogP contribution in [0.5, 0.6) is 5.75 Å². The fourth-order valence-electron chi connectivity index (χ4n) is 2.47. The van der Waals surface area contributed by atoms with Gasteiger partial charge in [0.25, 0.3) is 0 Å². The summed E-state index contributed by atoms with van der Waals surface area (Å²) in [5.41, 5.74) is 3.30. The second-order valence-corrected chi connectivity index (χ2v) is 5.38. The summed E-state index contributed by atoms with van der Waals surface area (Å²) in [6.07, 6.45) is 1.40. The Hall–Kier alpha value is -2.29. The van der Waals surface area contributed by atoms with Gasteiger partial charge in [-0.15, -0.1) is 0 Å². The zero-order valence-corrected chi connectivity index (χ0v) is 13.4. The minimum absolute atomic E-state index is 0.0163. The van der Waals surface area contributed by atoms with Crippen LogP contribution in [0.3, 0.4) is 0 Å². The van der Waals surface area contributed by atoms with Gasteiger partial charge >= 0.3 is 0 Å². The molecule has 0 aliphatic carbocycles. The Kier molecular flexibility index (Phi) is 5.59. The van der Waals surface area contributed by atoms with E-state index in [-0.39, 0.29) is 11.9 Å². The van der Waals surface area contributed by atoms with E-state index in [1.165, 1.54) is 5.56 Å². The van der Waals surface area contributed by atoms with E-state index >= 15 is 0 Å². The fourth-order valence-corrected chi connectivity index (χ4v) is 2.47. The van der Waals surface area contributed by atoms with Crippen LogP contribution in [-0.4, -0.2) is 13.0 Å². The van der Waals surface area contributed by atoms with Crippen LogP contribution in [-0.2, 0) is 17.6 Å². The van der Waals surface area contributed by atoms with Crippen LogP contribution >= 0.6 is 0 Å². The van der Waals surface area contributed by atoms with Crippen molar-refractivity contribution in [2.75, 3.05) is 7.11 Å². The zero-order valence-electron chi connectivity index (χ0n) is 13.4. The number of methoxy groups -OCH3 is 1. The molecule has 3 heteroatoms. The normalized spacial score (nSPS) is 11.8. The van der Waals surface area contributed by atoms with Gasteiger partial charge in [-0.25, -0.2) is 0 Å². The monoisotopic (exact) mass is 297 g/mol. The minimum atomic E-state index is -0.0847. The molecule has 2 rings (SSSR count). The van der Waals surface area contributed by atoms with E-state index in [0.717, 1.165) is 23.3 Å². The molecule has 0 bridgehead atoms. The quantitative estimate of drug-likeness (QED) is 0.883. The van der Waals surface area contributed by atoms with Crippen LogP contribution in [0.2, 0.25) is 0 Å². The molecule has 22 heavy (non-hydrogen) atoms. The standard InChI is InChI=1S/C19H23NO2/c1-4-15-9-11-16(12-10-15)13-19(21)20-14(2)17-7-5-6-8-18(17)22-3/h5-12,14H,4,13H2,1-3H3,(H,20,21). The Morgan fingerprint density at radius 2 is 1.73 bits per heavy atom. The van der Waals surface area contributed by atoms with Gasteiger partial charge in [-0.3, -0.25) is 4.79 Å². The van der Waals surface area contributed by atoms with E-state index in [9.17, 15) is 4.79 Å². The topological polar surface area (TPSA) is 38.3 Å². The number of hydrogen-bond donors (Lipinski definition) is 1. The molecular formula is C19H23NO2. The van der Waals surface area contributed by atoms with Gasteiger partial charge in [0.05, 0.1) is 19.6 Å². The van der Waals surface area contributed by atoms with Gasteiger partial charge in [-0.05, 0) is 30.5 Å². The molecule has 0 saturated heterocycles. The number of aryl methyl sites for hydroxylation is 1. The number of para-hydroxylation sites is 1. The zero-order chi connectivity index (χ0) is 15.9. The molecule has 0 spiro atoms. The van der Waals surface area contributed by atoms with Gasteiger partial charge in [-0.1, -0.05) is 49.4 Å². The van der Waals surface area contributed by atoms with E-state index in [2.05, 4.69) is 24.4 Å². The number of carbonyl (C=O) groups is 1. The predicted molar refractivity (Wildman–Crippen MR) is 89.1 cm³/mol. The summed E-state index contributed by atoms with van der Waals surface area (Å²) in [7, 11) is 1.64. The van der Waals surface area contributed by atoms with Gasteiger partial charge in [0, 0.05) is 5.56 Å². The summed E-state index contributed by atoms with van der Waals surface area (Å²) >= 11 is 0. The molecule has 1 N–H and O–H groups in total. The minimum Gasteiger partial charge on any atom is -0.496 e. The summed E-state index contributed by atoms with van der Waals surface area (Å²) in [5, 5.41) is 3.03. The lowest BCUT2D eigenvalue weighted by Gasteiger charge is -2.17. The number of nitrogens with one attached hydrogen (secondary N) is 1. The maximum atomic E-state index is 12.2. The average molecular weight is 297 g/mol. The molecule has 0 radical (unpaired) electrons. The first kappa shape index (κ1) is 16.1. The second-order valence-electron chi connectivity index (χ2n) is 5.38. The van der Waals surface area contributed by atoms with E-state index in [1.54, 1.807) is 7.11 Å². The van der Waals surface area contributed by atoms with Crippen LogP contribution in [0, 0.1) is 0 Å². The first-order valence-corrected chi connectivity index (χ1v) is 7.64. The van der Waals surface area contributed by atoms with E-state index in [4.69, 9.17) is 4.74 Å². The molecule has 0 aliphatic heterocycles. The molecule has 2 aromatic rings. The number of benzene rings is 2. The first-order chi connectivity index (χ1) is 10.6. The Balaban J connectivity index is 1.98. The molecule has 1 atom stereocenters. The SMILES string of the molecule is CCc1ccc(CC(=O)NC(C)c2ccccc2OC)cc1. The molecule has 2 aromatic carbocycles. The van der Waals surface area contributed by atoms with Crippen molar-refractivity contribution in [2.45, 2.75) is 32.7 Å². The van der Waals surface area contributed by atoms with E-state index in [1.807, 2.05) is 43.3 Å². The highest BCUT2D eigenvalue weighted by Crippen LogP contribution is 2.24. The van der Waals surface area contributed by atoms with Crippen molar-refractivity contribution in [3.63, 3.8) is 0 Å². The van der Waals surface area contributed by atoms with Crippen molar-refractivity contribution in [3.05, 3.63) is 65.2 Å². The summed E-state index contributed by atoms with van der Waals surface area (Å²) in [5.74, 6) is 0.810. The third-order valence-corrected chi connectivity index (χ3v) is 3.78. The fraction of sp³-hybridized carbons (Fsp3) is 0.316. The molecule has 0 saturated carbocycles. The highest BCUT2D eigenvalue weighted by Gasteiger charge is 2.13. The lowest BCUT2D eigenvalue weighted by molar-refractivity contribution is -0.121. The second kappa shape index (κ2) is 7.64. The van der Waals surface area contributed by atoms with Crippen molar-refractivity contribution in [1.82, 2.24) is 5.32 Å². The van der Waals surface area contributed by atoms with Crippen LogP contribution < -0.4 is 10.1 Å². The molecule has 0 aliphatic rings. The van der Waals surface area contributed by atoms with Gasteiger partial charge in [0.15, 0.2) is 0 Å². The molecule has 0 aromatic heterocycles. The predicted octanol–water partition coefficient (Wildman–Crippen LogP) is 3.68. The Labute approximate surface area is 132 Å². The van der Waals surface area contributed by atoms with Gasteiger partial charge < -0.3 is 10.1 Å². The molecule has 3 nitrogen and oxygen atoms in total. The highest BCUT2D eigenvalue weighted by molar-refractivity contribution is 5.79. The van der Waals surface area contributed by atoms with E-state index < -0.39 is 0 Å².